The van der Waals surface area contributed by atoms with Gasteiger partial charge >= 0.3 is 0 Å². The van der Waals surface area contributed by atoms with Crippen molar-refractivity contribution in [1.82, 2.24) is 9.97 Å². The largest absolute Gasteiger partial charge is 0.366 e. The number of amides is 2. The van der Waals surface area contributed by atoms with Crippen molar-refractivity contribution in [2.75, 3.05) is 24.3 Å². The number of benzene rings is 2. The molecule has 134 valence electrons. The number of nitrogens with two attached hydrogens (primary N) is 1. The lowest BCUT2D eigenvalue weighted by Crippen LogP contribution is -2.15. The monoisotopic (exact) mass is 391 g/mol. The van der Waals surface area contributed by atoms with Gasteiger partial charge in [0.05, 0.1) is 26.7 Å². The Morgan fingerprint density at radius 2 is 1.85 bits per heavy atom. The third-order valence-corrected chi connectivity index (χ3v) is 4.34. The zero-order valence-corrected chi connectivity index (χ0v) is 15.4. The number of nitrogens with zero attached hydrogens (tertiary/aromatic N) is 2. The van der Waals surface area contributed by atoms with E-state index in [9.17, 15) is 9.59 Å². The SMILES string of the molecule is CN(C)c1nc2c(C(N)=O)cc(NC(=O)c3c(Cl)cccc3Cl)cc2[nH]1. The topological polar surface area (TPSA) is 104 Å². The van der Waals surface area contributed by atoms with Crippen molar-refractivity contribution in [1.29, 1.82) is 0 Å². The fraction of sp³-hybridized carbons (Fsp3) is 0.118. The van der Waals surface area contributed by atoms with Gasteiger partial charge in [0.25, 0.3) is 11.8 Å². The van der Waals surface area contributed by atoms with Gasteiger partial charge in [-0.15, -0.1) is 0 Å². The minimum absolute atomic E-state index is 0.148. The summed E-state index contributed by atoms with van der Waals surface area (Å²) in [7, 11) is 3.62. The number of H-pyrrole nitrogens is 1. The van der Waals surface area contributed by atoms with E-state index in [4.69, 9.17) is 28.9 Å². The van der Waals surface area contributed by atoms with Crippen molar-refractivity contribution in [3.63, 3.8) is 0 Å². The van der Waals surface area contributed by atoms with E-state index >= 15 is 0 Å². The van der Waals surface area contributed by atoms with Crippen LogP contribution in [0.25, 0.3) is 11.0 Å². The third-order valence-electron chi connectivity index (χ3n) is 3.71. The predicted molar refractivity (Wildman–Crippen MR) is 103 cm³/mol. The first-order chi connectivity index (χ1) is 12.3. The molecule has 26 heavy (non-hydrogen) atoms. The number of carbonyl (C=O) groups excluding carboxylic acids is 2. The third kappa shape index (κ3) is 3.31. The normalized spacial score (nSPS) is 10.8. The number of fused-ring (bicyclic) bond motifs is 1. The Kier molecular flexibility index (Phi) is 4.76. The molecule has 7 nitrogen and oxygen atoms in total. The van der Waals surface area contributed by atoms with Crippen LogP contribution in [0.4, 0.5) is 11.6 Å². The first-order valence-corrected chi connectivity index (χ1v) is 8.29. The molecule has 0 unspecified atom stereocenters. The van der Waals surface area contributed by atoms with E-state index < -0.39 is 11.8 Å². The molecule has 3 aromatic rings. The van der Waals surface area contributed by atoms with Crippen LogP contribution in [-0.2, 0) is 0 Å². The molecule has 0 atom stereocenters. The van der Waals surface area contributed by atoms with E-state index in [1.165, 1.54) is 6.07 Å². The van der Waals surface area contributed by atoms with E-state index in [1.54, 1.807) is 29.2 Å². The number of hydrogen-bond donors (Lipinski definition) is 3. The van der Waals surface area contributed by atoms with E-state index in [2.05, 4.69) is 15.3 Å². The molecule has 1 aromatic heterocycles. The molecule has 3 rings (SSSR count). The van der Waals surface area contributed by atoms with Crippen LogP contribution >= 0.6 is 23.2 Å². The second-order valence-corrected chi connectivity index (χ2v) is 6.60. The summed E-state index contributed by atoms with van der Waals surface area (Å²) in [5, 5.41) is 3.14. The van der Waals surface area contributed by atoms with Gasteiger partial charge < -0.3 is 20.9 Å². The van der Waals surface area contributed by atoms with Gasteiger partial charge in [0, 0.05) is 19.8 Å². The van der Waals surface area contributed by atoms with E-state index in [0.717, 1.165) is 0 Å². The molecule has 0 fully saturated rings. The smallest absolute Gasteiger partial charge is 0.258 e. The van der Waals surface area contributed by atoms with E-state index in [1.807, 2.05) is 14.1 Å². The van der Waals surface area contributed by atoms with Crippen LogP contribution < -0.4 is 16.0 Å². The lowest BCUT2D eigenvalue weighted by Gasteiger charge is -2.09. The van der Waals surface area contributed by atoms with E-state index in [-0.39, 0.29) is 21.2 Å². The number of aromatic nitrogens is 2. The Labute approximate surface area is 159 Å². The average Bonchev–Trinajstić information content (AvgIpc) is 2.98. The van der Waals surface area contributed by atoms with Gasteiger partial charge in [-0.05, 0) is 24.3 Å². The van der Waals surface area contributed by atoms with Crippen LogP contribution in [-0.4, -0.2) is 35.9 Å². The van der Waals surface area contributed by atoms with Crippen LogP contribution in [0.2, 0.25) is 10.0 Å². The van der Waals surface area contributed by atoms with Gasteiger partial charge in [-0.3, -0.25) is 9.59 Å². The average molecular weight is 392 g/mol. The minimum Gasteiger partial charge on any atom is -0.366 e. The van der Waals surface area contributed by atoms with Gasteiger partial charge in [0.15, 0.2) is 0 Å². The van der Waals surface area contributed by atoms with Crippen LogP contribution in [0.1, 0.15) is 20.7 Å². The molecule has 9 heteroatoms. The van der Waals surface area contributed by atoms with Gasteiger partial charge in [-0.2, -0.15) is 0 Å². The molecule has 0 spiro atoms. The van der Waals surface area contributed by atoms with Gasteiger partial charge in [-0.25, -0.2) is 4.98 Å². The van der Waals surface area contributed by atoms with Crippen LogP contribution in [0.15, 0.2) is 30.3 Å². The summed E-state index contributed by atoms with van der Waals surface area (Å²) < 4.78 is 0. The van der Waals surface area contributed by atoms with Crippen molar-refractivity contribution in [3.8, 4) is 0 Å². The van der Waals surface area contributed by atoms with Crippen molar-refractivity contribution >= 4 is 57.7 Å². The molecular weight excluding hydrogens is 377 g/mol. The minimum atomic E-state index is -0.654. The van der Waals surface area contributed by atoms with E-state index in [0.29, 0.717) is 22.7 Å². The molecule has 0 bridgehead atoms. The molecule has 0 saturated heterocycles. The number of aromatic amines is 1. The number of primary amides is 1. The number of halogens is 2. The lowest BCUT2D eigenvalue weighted by atomic mass is 10.1. The highest BCUT2D eigenvalue weighted by Gasteiger charge is 2.18. The molecule has 0 aliphatic carbocycles. The zero-order chi connectivity index (χ0) is 19.0. The van der Waals surface area contributed by atoms with Crippen molar-refractivity contribution in [2.45, 2.75) is 0 Å². The first kappa shape index (κ1) is 18.0. The number of anilines is 2. The van der Waals surface area contributed by atoms with Crippen LogP contribution in [0, 0.1) is 0 Å². The van der Waals surface area contributed by atoms with Gasteiger partial charge in [0.1, 0.15) is 5.52 Å². The Morgan fingerprint density at radius 3 is 2.42 bits per heavy atom. The second-order valence-electron chi connectivity index (χ2n) is 5.79. The molecule has 2 aromatic carbocycles. The summed E-state index contributed by atoms with van der Waals surface area (Å²) in [4.78, 5) is 33.5. The van der Waals surface area contributed by atoms with Crippen molar-refractivity contribution < 1.29 is 9.59 Å². The summed E-state index contributed by atoms with van der Waals surface area (Å²) in [6.07, 6.45) is 0. The number of nitrogens with one attached hydrogen (secondary N) is 2. The summed E-state index contributed by atoms with van der Waals surface area (Å²) >= 11 is 12.1. The predicted octanol–water partition coefficient (Wildman–Crippen LogP) is 3.29. The van der Waals surface area contributed by atoms with Gasteiger partial charge in [-0.1, -0.05) is 29.3 Å². The number of hydrogen-bond acceptors (Lipinski definition) is 4. The molecule has 4 N–H and O–H groups in total. The Hall–Kier alpha value is -2.77. The van der Waals surface area contributed by atoms with Crippen LogP contribution in [0.5, 0.6) is 0 Å². The molecular formula is C17H15Cl2N5O2. The molecule has 1 heterocycles. The molecule has 0 saturated carbocycles. The highest BCUT2D eigenvalue weighted by atomic mass is 35.5. The van der Waals surface area contributed by atoms with Crippen LogP contribution in [0.3, 0.4) is 0 Å². The standard InChI is InChI=1S/C17H15Cl2N5O2/c1-24(2)17-22-12-7-8(6-9(15(20)25)14(12)23-17)21-16(26)13-10(18)4-3-5-11(13)19/h3-7H,1-2H3,(H2,20,25)(H,21,26)(H,22,23). The Morgan fingerprint density at radius 1 is 1.19 bits per heavy atom. The second kappa shape index (κ2) is 6.86. The molecule has 0 aliphatic heterocycles. The maximum atomic E-state index is 12.6. The maximum absolute atomic E-state index is 12.6. The summed E-state index contributed by atoms with van der Waals surface area (Å²) in [5.41, 5.74) is 7.15. The fourth-order valence-electron chi connectivity index (χ4n) is 2.48. The van der Waals surface area contributed by atoms with Crippen molar-refractivity contribution in [3.05, 3.63) is 51.5 Å². The molecule has 0 aliphatic rings. The molecule has 2 amide bonds. The van der Waals surface area contributed by atoms with Gasteiger partial charge in [0.2, 0.25) is 5.95 Å². The zero-order valence-electron chi connectivity index (χ0n) is 13.9. The van der Waals surface area contributed by atoms with Crippen molar-refractivity contribution in [2.24, 2.45) is 5.73 Å². The summed E-state index contributed by atoms with van der Waals surface area (Å²) in [6, 6.07) is 7.90. The molecule has 0 radical (unpaired) electrons. The summed E-state index contributed by atoms with van der Waals surface area (Å²) in [6.45, 7) is 0. The lowest BCUT2D eigenvalue weighted by molar-refractivity contribution is 0.0997. The Balaban J connectivity index is 2.05. The highest BCUT2D eigenvalue weighted by Crippen LogP contribution is 2.28. The Bertz CT molecular complexity index is 1010. The number of carbonyl (C=O) groups is 2. The number of rotatable bonds is 4. The summed E-state index contributed by atoms with van der Waals surface area (Å²) in [5.74, 6) is -0.596. The first-order valence-electron chi connectivity index (χ1n) is 7.54. The highest BCUT2D eigenvalue weighted by molar-refractivity contribution is 6.40. The maximum Gasteiger partial charge on any atom is 0.258 e. The number of imidazole rings is 1. The quantitative estimate of drug-likeness (QED) is 0.634. The fourth-order valence-corrected chi connectivity index (χ4v) is 3.05.